The molecule has 1 amide bonds. The van der Waals surface area contributed by atoms with Crippen LogP contribution in [-0.2, 0) is 4.79 Å². The largest absolute Gasteiger partial charge is 0.496 e. The molecule has 0 heterocycles. The molecule has 0 unspecified atom stereocenters. The molecule has 114 valence electrons. The number of hydrogen-bond donors (Lipinski definition) is 1. The zero-order chi connectivity index (χ0) is 14.9. The minimum atomic E-state index is -0.0349. The molecule has 0 saturated heterocycles. The Morgan fingerprint density at radius 1 is 1.33 bits per heavy atom. The number of nitrogens with one attached hydrogen (secondary N) is 1. The predicted octanol–water partition coefficient (Wildman–Crippen LogP) is 3.80. The van der Waals surface area contributed by atoms with E-state index in [0.29, 0.717) is 0 Å². The van der Waals surface area contributed by atoms with E-state index in [1.165, 1.54) is 32.1 Å². The summed E-state index contributed by atoms with van der Waals surface area (Å²) < 4.78 is 5.25. The van der Waals surface area contributed by atoms with Crippen molar-refractivity contribution in [1.82, 2.24) is 5.32 Å². The SMILES string of the molecule is COc1ccccc1/C=C/C(=O)NCCCC1CCCC1. The smallest absolute Gasteiger partial charge is 0.244 e. The average molecular weight is 287 g/mol. The Bertz CT molecular complexity index is 476. The Labute approximate surface area is 127 Å². The van der Waals surface area contributed by atoms with Crippen molar-refractivity contribution in [3.05, 3.63) is 35.9 Å². The molecule has 1 N–H and O–H groups in total. The number of amides is 1. The van der Waals surface area contributed by atoms with Crippen LogP contribution < -0.4 is 10.1 Å². The van der Waals surface area contributed by atoms with Gasteiger partial charge in [0.25, 0.3) is 0 Å². The molecule has 1 aromatic carbocycles. The number of carbonyl (C=O) groups excluding carboxylic acids is 1. The van der Waals surface area contributed by atoms with E-state index in [0.717, 1.165) is 30.2 Å². The summed E-state index contributed by atoms with van der Waals surface area (Å²) in [5.41, 5.74) is 0.918. The van der Waals surface area contributed by atoms with E-state index < -0.39 is 0 Å². The van der Waals surface area contributed by atoms with E-state index in [1.807, 2.05) is 24.3 Å². The summed E-state index contributed by atoms with van der Waals surface area (Å²) in [4.78, 5) is 11.8. The number of methoxy groups -OCH3 is 1. The van der Waals surface area contributed by atoms with Gasteiger partial charge in [-0.25, -0.2) is 0 Å². The Morgan fingerprint density at radius 3 is 2.86 bits per heavy atom. The lowest BCUT2D eigenvalue weighted by Crippen LogP contribution is -2.22. The molecule has 0 aromatic heterocycles. The normalized spacial score (nSPS) is 15.5. The van der Waals surface area contributed by atoms with Gasteiger partial charge in [-0.05, 0) is 30.9 Å². The summed E-state index contributed by atoms with van der Waals surface area (Å²) >= 11 is 0. The van der Waals surface area contributed by atoms with Crippen LogP contribution in [0.5, 0.6) is 5.75 Å². The molecular formula is C18H25NO2. The predicted molar refractivity (Wildman–Crippen MR) is 86.2 cm³/mol. The highest BCUT2D eigenvalue weighted by Gasteiger charge is 2.13. The van der Waals surface area contributed by atoms with Gasteiger partial charge in [0.05, 0.1) is 7.11 Å². The number of para-hydroxylation sites is 1. The summed E-state index contributed by atoms with van der Waals surface area (Å²) in [5, 5.41) is 2.95. The van der Waals surface area contributed by atoms with Gasteiger partial charge in [0, 0.05) is 18.2 Å². The highest BCUT2D eigenvalue weighted by molar-refractivity contribution is 5.92. The van der Waals surface area contributed by atoms with Crippen LogP contribution in [0.25, 0.3) is 6.08 Å². The van der Waals surface area contributed by atoms with E-state index in [9.17, 15) is 4.79 Å². The van der Waals surface area contributed by atoms with Crippen LogP contribution >= 0.6 is 0 Å². The lowest BCUT2D eigenvalue weighted by atomic mass is 10.0. The van der Waals surface area contributed by atoms with E-state index >= 15 is 0 Å². The number of hydrogen-bond acceptors (Lipinski definition) is 2. The summed E-state index contributed by atoms with van der Waals surface area (Å²) in [5.74, 6) is 1.64. The third-order valence-electron chi connectivity index (χ3n) is 4.12. The van der Waals surface area contributed by atoms with Gasteiger partial charge in [-0.1, -0.05) is 43.9 Å². The maximum atomic E-state index is 11.8. The maximum Gasteiger partial charge on any atom is 0.244 e. The average Bonchev–Trinajstić information content (AvgIpc) is 3.03. The molecule has 3 nitrogen and oxygen atoms in total. The van der Waals surface area contributed by atoms with E-state index in [-0.39, 0.29) is 5.91 Å². The molecule has 1 aromatic rings. The molecule has 21 heavy (non-hydrogen) atoms. The Hall–Kier alpha value is -1.77. The zero-order valence-electron chi connectivity index (χ0n) is 12.8. The first kappa shape index (κ1) is 15.6. The van der Waals surface area contributed by atoms with Gasteiger partial charge in [-0.2, -0.15) is 0 Å². The number of benzene rings is 1. The van der Waals surface area contributed by atoms with Crippen molar-refractivity contribution in [2.75, 3.05) is 13.7 Å². The molecule has 1 aliphatic carbocycles. The molecule has 0 atom stereocenters. The second kappa shape index (κ2) is 8.50. The molecule has 0 bridgehead atoms. The third-order valence-corrected chi connectivity index (χ3v) is 4.12. The van der Waals surface area contributed by atoms with Crippen LogP contribution in [0, 0.1) is 5.92 Å². The van der Waals surface area contributed by atoms with Crippen LogP contribution in [0.2, 0.25) is 0 Å². The summed E-state index contributed by atoms with van der Waals surface area (Å²) in [6.45, 7) is 0.769. The molecular weight excluding hydrogens is 262 g/mol. The fraction of sp³-hybridized carbons (Fsp3) is 0.500. The first-order chi connectivity index (χ1) is 10.3. The van der Waals surface area contributed by atoms with Crippen molar-refractivity contribution in [1.29, 1.82) is 0 Å². The van der Waals surface area contributed by atoms with Crippen LogP contribution in [0.1, 0.15) is 44.1 Å². The van der Waals surface area contributed by atoms with Crippen molar-refractivity contribution >= 4 is 12.0 Å². The van der Waals surface area contributed by atoms with Gasteiger partial charge in [0.1, 0.15) is 5.75 Å². The van der Waals surface area contributed by atoms with Crippen molar-refractivity contribution < 1.29 is 9.53 Å². The van der Waals surface area contributed by atoms with E-state index in [4.69, 9.17) is 4.74 Å². The van der Waals surface area contributed by atoms with Crippen LogP contribution in [0.3, 0.4) is 0 Å². The molecule has 1 saturated carbocycles. The first-order valence-electron chi connectivity index (χ1n) is 7.88. The minimum absolute atomic E-state index is 0.0349. The second-order valence-electron chi connectivity index (χ2n) is 5.66. The van der Waals surface area contributed by atoms with Crippen LogP contribution in [0.4, 0.5) is 0 Å². The fourth-order valence-electron chi connectivity index (χ4n) is 2.93. The van der Waals surface area contributed by atoms with Crippen molar-refractivity contribution in [2.24, 2.45) is 5.92 Å². The highest BCUT2D eigenvalue weighted by atomic mass is 16.5. The summed E-state index contributed by atoms with van der Waals surface area (Å²) in [6, 6.07) is 7.67. The standard InChI is InChI=1S/C18H25NO2/c1-21-17-11-5-4-10-16(17)12-13-18(20)19-14-6-9-15-7-2-3-8-15/h4-5,10-13,15H,2-3,6-9,14H2,1H3,(H,19,20)/b13-12+. The lowest BCUT2D eigenvalue weighted by Gasteiger charge is -2.08. The third kappa shape index (κ3) is 5.25. The van der Waals surface area contributed by atoms with Crippen molar-refractivity contribution in [2.45, 2.75) is 38.5 Å². The fourth-order valence-corrected chi connectivity index (χ4v) is 2.93. The summed E-state index contributed by atoms with van der Waals surface area (Å²) in [7, 11) is 1.63. The van der Waals surface area contributed by atoms with E-state index in [1.54, 1.807) is 19.3 Å². The Balaban J connectivity index is 1.69. The maximum absolute atomic E-state index is 11.8. The number of rotatable bonds is 7. The molecule has 1 fully saturated rings. The van der Waals surface area contributed by atoms with Gasteiger partial charge in [0.15, 0.2) is 0 Å². The monoisotopic (exact) mass is 287 g/mol. The van der Waals surface area contributed by atoms with Gasteiger partial charge < -0.3 is 10.1 Å². The number of ether oxygens (including phenoxy) is 1. The minimum Gasteiger partial charge on any atom is -0.496 e. The zero-order valence-corrected chi connectivity index (χ0v) is 12.8. The lowest BCUT2D eigenvalue weighted by molar-refractivity contribution is -0.116. The Morgan fingerprint density at radius 2 is 2.10 bits per heavy atom. The number of carbonyl (C=O) groups is 1. The first-order valence-corrected chi connectivity index (χ1v) is 7.88. The molecule has 0 spiro atoms. The van der Waals surface area contributed by atoms with Crippen LogP contribution in [0.15, 0.2) is 30.3 Å². The molecule has 1 aliphatic rings. The van der Waals surface area contributed by atoms with Crippen molar-refractivity contribution in [3.63, 3.8) is 0 Å². The molecule has 3 heteroatoms. The van der Waals surface area contributed by atoms with Gasteiger partial charge >= 0.3 is 0 Å². The van der Waals surface area contributed by atoms with Gasteiger partial charge in [-0.15, -0.1) is 0 Å². The van der Waals surface area contributed by atoms with Crippen LogP contribution in [-0.4, -0.2) is 19.6 Å². The Kier molecular flexibility index (Phi) is 6.32. The van der Waals surface area contributed by atoms with E-state index in [2.05, 4.69) is 5.32 Å². The summed E-state index contributed by atoms with van der Waals surface area (Å²) in [6.07, 6.45) is 11.2. The molecule has 0 aliphatic heterocycles. The molecule has 2 rings (SSSR count). The van der Waals surface area contributed by atoms with Gasteiger partial charge in [-0.3, -0.25) is 4.79 Å². The molecule has 0 radical (unpaired) electrons. The topological polar surface area (TPSA) is 38.3 Å². The van der Waals surface area contributed by atoms with Gasteiger partial charge in [0.2, 0.25) is 5.91 Å². The quantitative estimate of drug-likeness (QED) is 0.612. The second-order valence-corrected chi connectivity index (χ2v) is 5.66. The van der Waals surface area contributed by atoms with Crippen molar-refractivity contribution in [3.8, 4) is 5.75 Å². The highest BCUT2D eigenvalue weighted by Crippen LogP contribution is 2.28.